The highest BCUT2D eigenvalue weighted by Gasteiger charge is 2.25. The van der Waals surface area contributed by atoms with Crippen molar-refractivity contribution in [1.82, 2.24) is 0 Å². The molecule has 1 unspecified atom stereocenters. The first-order valence-corrected chi connectivity index (χ1v) is 2.52. The van der Waals surface area contributed by atoms with Crippen LogP contribution >= 0.6 is 0 Å². The summed E-state index contributed by atoms with van der Waals surface area (Å²) in [5.74, 6) is 0.0718. The van der Waals surface area contributed by atoms with Crippen LogP contribution in [0.5, 0.6) is 0 Å². The Labute approximate surface area is 48.9 Å². The number of allylic oxidation sites excluding steroid dienone is 2. The van der Waals surface area contributed by atoms with E-state index in [1.807, 2.05) is 0 Å². The molecule has 8 heavy (non-hydrogen) atoms. The van der Waals surface area contributed by atoms with Gasteiger partial charge in [0.15, 0.2) is 0 Å². The molecule has 1 rings (SSSR count). The van der Waals surface area contributed by atoms with Gasteiger partial charge < -0.3 is 0 Å². The van der Waals surface area contributed by atoms with Gasteiger partial charge in [-0.25, -0.2) is 0 Å². The lowest BCUT2D eigenvalue weighted by Gasteiger charge is -2.24. The zero-order chi connectivity index (χ0) is 6.15. The van der Waals surface area contributed by atoms with Crippen molar-refractivity contribution in [1.29, 1.82) is 5.26 Å². The molecule has 1 atom stereocenters. The fourth-order valence-corrected chi connectivity index (χ4v) is 0.740. The highest BCUT2D eigenvalue weighted by Crippen LogP contribution is 2.35. The Morgan fingerprint density at radius 2 is 2.25 bits per heavy atom. The lowest BCUT2D eigenvalue weighted by molar-refractivity contribution is 0.676. The molecule has 0 N–H and O–H groups in total. The van der Waals surface area contributed by atoms with Crippen LogP contribution in [0.25, 0.3) is 0 Å². The van der Waals surface area contributed by atoms with E-state index in [0.29, 0.717) is 0 Å². The average molecular weight is 105 g/mol. The van der Waals surface area contributed by atoms with Crippen molar-refractivity contribution in [2.24, 2.45) is 5.92 Å². The summed E-state index contributed by atoms with van der Waals surface area (Å²) in [6.45, 7) is 7.36. The number of nitrogens with zero attached hydrogens (tertiary/aromatic N) is 1. The zero-order valence-corrected chi connectivity index (χ0v) is 4.65. The Bertz CT molecular complexity index is 183. The minimum atomic E-state index is 0.0718. The van der Waals surface area contributed by atoms with Crippen molar-refractivity contribution in [2.45, 2.75) is 6.42 Å². The number of hydrogen-bond acceptors (Lipinski definition) is 1. The van der Waals surface area contributed by atoms with Crippen molar-refractivity contribution in [3.63, 3.8) is 0 Å². The van der Waals surface area contributed by atoms with Crippen molar-refractivity contribution in [3.8, 4) is 6.07 Å². The van der Waals surface area contributed by atoms with Crippen LogP contribution in [0.15, 0.2) is 24.3 Å². The van der Waals surface area contributed by atoms with E-state index >= 15 is 0 Å². The van der Waals surface area contributed by atoms with E-state index in [2.05, 4.69) is 19.2 Å². The normalized spacial score (nSPS) is 26.6. The molecule has 0 aliphatic heterocycles. The predicted molar refractivity (Wildman–Crippen MR) is 32.0 cm³/mol. The molecule has 1 saturated carbocycles. The molecule has 0 bridgehead atoms. The number of rotatable bonds is 0. The smallest absolute Gasteiger partial charge is 0.0749 e. The van der Waals surface area contributed by atoms with E-state index in [1.54, 1.807) is 0 Å². The van der Waals surface area contributed by atoms with Crippen molar-refractivity contribution >= 4 is 0 Å². The second-order valence-corrected chi connectivity index (χ2v) is 2.01. The fourth-order valence-electron chi connectivity index (χ4n) is 0.740. The van der Waals surface area contributed by atoms with Gasteiger partial charge in [0.05, 0.1) is 12.0 Å². The fraction of sp³-hybridized carbons (Fsp3) is 0.286. The van der Waals surface area contributed by atoms with Gasteiger partial charge in [-0.05, 0) is 17.6 Å². The lowest BCUT2D eigenvalue weighted by atomic mass is 9.77. The van der Waals surface area contributed by atoms with E-state index in [1.165, 1.54) is 0 Å². The third-order valence-electron chi connectivity index (χ3n) is 1.48. The number of nitriles is 1. The molecule has 0 aromatic rings. The van der Waals surface area contributed by atoms with Gasteiger partial charge in [-0.1, -0.05) is 13.2 Å². The van der Waals surface area contributed by atoms with Gasteiger partial charge in [-0.3, -0.25) is 0 Å². The summed E-state index contributed by atoms with van der Waals surface area (Å²) in [6.07, 6.45) is 0.829. The standard InChI is InChI=1S/C7H7N/c1-5-3-7(4-8)6(5)2/h7H,1-3H2. The maximum atomic E-state index is 8.32. The van der Waals surface area contributed by atoms with E-state index in [4.69, 9.17) is 5.26 Å². The molecule has 0 amide bonds. The van der Waals surface area contributed by atoms with Crippen LogP contribution in [0.4, 0.5) is 0 Å². The largest absolute Gasteiger partial charge is 0.198 e. The molecule has 1 fully saturated rings. The Morgan fingerprint density at radius 1 is 1.62 bits per heavy atom. The summed E-state index contributed by atoms with van der Waals surface area (Å²) in [7, 11) is 0. The van der Waals surface area contributed by atoms with E-state index in [0.717, 1.165) is 17.6 Å². The van der Waals surface area contributed by atoms with Crippen molar-refractivity contribution in [3.05, 3.63) is 24.3 Å². The molecule has 1 aliphatic carbocycles. The molecule has 1 aliphatic rings. The third-order valence-corrected chi connectivity index (χ3v) is 1.48. The molecular formula is C7H7N. The molecular weight excluding hydrogens is 98.1 g/mol. The SMILES string of the molecule is C=C1CC(C#N)C1=C. The third kappa shape index (κ3) is 0.466. The minimum Gasteiger partial charge on any atom is -0.198 e. The summed E-state index contributed by atoms with van der Waals surface area (Å²) in [5, 5.41) is 8.32. The molecule has 1 heteroatoms. The summed E-state index contributed by atoms with van der Waals surface area (Å²) in [6, 6.07) is 2.12. The average Bonchev–Trinajstić information content (AvgIpc) is 1.81. The van der Waals surface area contributed by atoms with Crippen LogP contribution in [0, 0.1) is 17.2 Å². The Balaban J connectivity index is 2.64. The van der Waals surface area contributed by atoms with E-state index in [9.17, 15) is 0 Å². The van der Waals surface area contributed by atoms with Crippen LogP contribution < -0.4 is 0 Å². The molecule has 0 aromatic carbocycles. The Morgan fingerprint density at radius 3 is 2.38 bits per heavy atom. The highest BCUT2D eigenvalue weighted by atomic mass is 14.3. The van der Waals surface area contributed by atoms with Crippen LogP contribution in [0.2, 0.25) is 0 Å². The van der Waals surface area contributed by atoms with Gasteiger partial charge in [0.1, 0.15) is 0 Å². The second-order valence-electron chi connectivity index (χ2n) is 2.01. The van der Waals surface area contributed by atoms with Gasteiger partial charge in [0.2, 0.25) is 0 Å². The Hall–Kier alpha value is -1.03. The molecule has 40 valence electrons. The summed E-state index contributed by atoms with van der Waals surface area (Å²) < 4.78 is 0. The maximum absolute atomic E-state index is 8.32. The van der Waals surface area contributed by atoms with Crippen molar-refractivity contribution in [2.75, 3.05) is 0 Å². The van der Waals surface area contributed by atoms with E-state index < -0.39 is 0 Å². The van der Waals surface area contributed by atoms with Gasteiger partial charge >= 0.3 is 0 Å². The van der Waals surface area contributed by atoms with Crippen molar-refractivity contribution < 1.29 is 0 Å². The monoisotopic (exact) mass is 105 g/mol. The zero-order valence-electron chi connectivity index (χ0n) is 4.65. The number of hydrogen-bond donors (Lipinski definition) is 0. The van der Waals surface area contributed by atoms with Crippen LogP contribution in [-0.2, 0) is 0 Å². The second kappa shape index (κ2) is 1.48. The first-order chi connectivity index (χ1) is 3.75. The maximum Gasteiger partial charge on any atom is 0.0749 e. The molecule has 0 aromatic heterocycles. The molecule has 0 radical (unpaired) electrons. The molecule has 0 spiro atoms. The van der Waals surface area contributed by atoms with Gasteiger partial charge in [-0.15, -0.1) is 0 Å². The first kappa shape index (κ1) is 5.11. The minimum absolute atomic E-state index is 0.0718. The summed E-state index contributed by atoms with van der Waals surface area (Å²) in [5.41, 5.74) is 1.96. The van der Waals surface area contributed by atoms with Gasteiger partial charge in [0, 0.05) is 0 Å². The van der Waals surface area contributed by atoms with Crippen LogP contribution in [0.3, 0.4) is 0 Å². The Kier molecular flexibility index (Phi) is 0.948. The molecule has 1 nitrogen and oxygen atoms in total. The first-order valence-electron chi connectivity index (χ1n) is 2.52. The predicted octanol–water partition coefficient (Wildman–Crippen LogP) is 1.64. The molecule has 0 saturated heterocycles. The quantitative estimate of drug-likeness (QED) is 0.459. The summed E-state index contributed by atoms with van der Waals surface area (Å²) in [4.78, 5) is 0. The topological polar surface area (TPSA) is 23.8 Å². The van der Waals surface area contributed by atoms with Gasteiger partial charge in [-0.2, -0.15) is 5.26 Å². The van der Waals surface area contributed by atoms with Crippen LogP contribution in [-0.4, -0.2) is 0 Å². The highest BCUT2D eigenvalue weighted by molar-refractivity contribution is 5.42. The summed E-state index contributed by atoms with van der Waals surface area (Å²) >= 11 is 0. The van der Waals surface area contributed by atoms with E-state index in [-0.39, 0.29) is 5.92 Å². The van der Waals surface area contributed by atoms with Gasteiger partial charge in [0.25, 0.3) is 0 Å². The molecule has 0 heterocycles. The van der Waals surface area contributed by atoms with Crippen LogP contribution in [0.1, 0.15) is 6.42 Å². The lowest BCUT2D eigenvalue weighted by Crippen LogP contribution is -2.14.